The van der Waals surface area contributed by atoms with Crippen LogP contribution < -0.4 is 14.2 Å². The van der Waals surface area contributed by atoms with Gasteiger partial charge in [0.1, 0.15) is 18.1 Å². The van der Waals surface area contributed by atoms with Crippen LogP contribution in [0, 0.1) is 0 Å². The van der Waals surface area contributed by atoms with E-state index < -0.39 is 17.7 Å². The Kier molecular flexibility index (Phi) is 8.13. The summed E-state index contributed by atoms with van der Waals surface area (Å²) in [5, 5.41) is 11.3. The molecule has 0 radical (unpaired) electrons. The van der Waals surface area contributed by atoms with Crippen molar-refractivity contribution in [1.82, 2.24) is 4.90 Å². The standard InChI is InChI=1S/C30H31NO6/c1-4-16-31-27(21-14-15-24(35-3)25(18-21)37-19-20-10-7-6-8-11-20)26(29(33)30(31)34)28(32)22-12-9-13-23(17-22)36-5-2/h6-15,17-18,27,32H,4-5,16,19H2,1-3H3/b28-26-. The fourth-order valence-corrected chi connectivity index (χ4v) is 4.46. The van der Waals surface area contributed by atoms with Gasteiger partial charge in [-0.1, -0.05) is 55.5 Å². The number of amides is 1. The van der Waals surface area contributed by atoms with E-state index in [0.29, 0.717) is 54.6 Å². The van der Waals surface area contributed by atoms with Crippen molar-refractivity contribution in [1.29, 1.82) is 0 Å². The molecule has 0 aromatic heterocycles. The van der Waals surface area contributed by atoms with E-state index in [4.69, 9.17) is 14.2 Å². The van der Waals surface area contributed by atoms with E-state index >= 15 is 0 Å². The molecule has 1 N–H and O–H groups in total. The molecule has 1 amide bonds. The van der Waals surface area contributed by atoms with Gasteiger partial charge >= 0.3 is 0 Å². The Morgan fingerprint density at radius 3 is 2.41 bits per heavy atom. The van der Waals surface area contributed by atoms with E-state index in [1.807, 2.05) is 44.2 Å². The summed E-state index contributed by atoms with van der Waals surface area (Å²) >= 11 is 0. The van der Waals surface area contributed by atoms with Gasteiger partial charge in [0.25, 0.3) is 11.7 Å². The summed E-state index contributed by atoms with van der Waals surface area (Å²) in [4.78, 5) is 27.8. The van der Waals surface area contributed by atoms with Crippen LogP contribution in [0.1, 0.15) is 43.0 Å². The number of hydrogen-bond donors (Lipinski definition) is 1. The van der Waals surface area contributed by atoms with Gasteiger partial charge in [0.15, 0.2) is 11.5 Å². The second-order valence-corrected chi connectivity index (χ2v) is 8.64. The van der Waals surface area contributed by atoms with E-state index in [-0.39, 0.29) is 11.3 Å². The van der Waals surface area contributed by atoms with Crippen LogP contribution in [0.2, 0.25) is 0 Å². The number of ether oxygens (including phenoxy) is 3. The number of likely N-dealkylation sites (tertiary alicyclic amines) is 1. The smallest absolute Gasteiger partial charge is 0.295 e. The van der Waals surface area contributed by atoms with Gasteiger partial charge in [0.05, 0.1) is 25.3 Å². The summed E-state index contributed by atoms with van der Waals surface area (Å²) in [6.07, 6.45) is 0.650. The molecule has 3 aromatic carbocycles. The number of ketones is 1. The molecule has 3 aromatic rings. The fourth-order valence-electron chi connectivity index (χ4n) is 4.46. The van der Waals surface area contributed by atoms with E-state index in [1.54, 1.807) is 49.6 Å². The fraction of sp³-hybridized carbons (Fsp3) is 0.267. The molecule has 1 aliphatic rings. The highest BCUT2D eigenvalue weighted by atomic mass is 16.5. The molecule has 4 rings (SSSR count). The molecular formula is C30H31NO6. The first kappa shape index (κ1) is 25.8. The highest BCUT2D eigenvalue weighted by Crippen LogP contribution is 2.42. The number of methoxy groups -OCH3 is 1. The number of hydrogen-bond acceptors (Lipinski definition) is 6. The number of rotatable bonds is 10. The molecule has 7 heteroatoms. The average Bonchev–Trinajstić information content (AvgIpc) is 3.17. The van der Waals surface area contributed by atoms with Crippen molar-refractivity contribution in [2.45, 2.75) is 32.9 Å². The molecule has 1 unspecified atom stereocenters. The second-order valence-electron chi connectivity index (χ2n) is 8.64. The van der Waals surface area contributed by atoms with Crippen LogP contribution in [0.4, 0.5) is 0 Å². The van der Waals surface area contributed by atoms with Gasteiger partial charge in [0, 0.05) is 12.1 Å². The Hall–Kier alpha value is -4.26. The zero-order valence-corrected chi connectivity index (χ0v) is 21.3. The molecule has 0 saturated carbocycles. The Bertz CT molecular complexity index is 1300. The van der Waals surface area contributed by atoms with Gasteiger partial charge in [-0.05, 0) is 48.7 Å². The summed E-state index contributed by atoms with van der Waals surface area (Å²) in [6, 6.07) is 21.1. The minimum atomic E-state index is -0.777. The Morgan fingerprint density at radius 2 is 1.70 bits per heavy atom. The first-order chi connectivity index (χ1) is 18.0. The lowest BCUT2D eigenvalue weighted by molar-refractivity contribution is -0.139. The zero-order valence-electron chi connectivity index (χ0n) is 21.3. The maximum Gasteiger partial charge on any atom is 0.295 e. The number of carbonyl (C=O) groups is 2. The van der Waals surface area contributed by atoms with Crippen molar-refractivity contribution in [3.8, 4) is 17.2 Å². The topological polar surface area (TPSA) is 85.3 Å². The molecule has 0 bridgehead atoms. The highest BCUT2D eigenvalue weighted by molar-refractivity contribution is 6.46. The molecular weight excluding hydrogens is 470 g/mol. The average molecular weight is 502 g/mol. The normalized spacial score (nSPS) is 16.6. The summed E-state index contributed by atoms with van der Waals surface area (Å²) in [6.45, 7) is 4.94. The lowest BCUT2D eigenvalue weighted by atomic mass is 9.95. The predicted molar refractivity (Wildman–Crippen MR) is 141 cm³/mol. The van der Waals surface area contributed by atoms with Crippen LogP contribution >= 0.6 is 0 Å². The molecule has 37 heavy (non-hydrogen) atoms. The number of carbonyl (C=O) groups excluding carboxylic acids is 2. The third-order valence-electron chi connectivity index (χ3n) is 6.16. The molecule has 1 fully saturated rings. The zero-order chi connectivity index (χ0) is 26.4. The summed E-state index contributed by atoms with van der Waals surface area (Å²) in [7, 11) is 1.55. The summed E-state index contributed by atoms with van der Waals surface area (Å²) in [5.74, 6) is -0.0453. The third-order valence-corrected chi connectivity index (χ3v) is 6.16. The van der Waals surface area contributed by atoms with Crippen molar-refractivity contribution in [2.75, 3.05) is 20.3 Å². The molecule has 0 aliphatic carbocycles. The van der Waals surface area contributed by atoms with Crippen LogP contribution in [0.25, 0.3) is 5.76 Å². The van der Waals surface area contributed by atoms with Crippen molar-refractivity contribution >= 4 is 17.4 Å². The van der Waals surface area contributed by atoms with E-state index in [2.05, 4.69) is 0 Å². The molecule has 1 atom stereocenters. The van der Waals surface area contributed by atoms with Gasteiger partial charge in [-0.25, -0.2) is 0 Å². The van der Waals surface area contributed by atoms with Crippen molar-refractivity contribution in [3.63, 3.8) is 0 Å². The van der Waals surface area contributed by atoms with E-state index in [9.17, 15) is 14.7 Å². The van der Waals surface area contributed by atoms with Gasteiger partial charge in [-0.2, -0.15) is 0 Å². The maximum absolute atomic E-state index is 13.2. The molecule has 1 saturated heterocycles. The molecule has 1 aliphatic heterocycles. The molecule has 192 valence electrons. The van der Waals surface area contributed by atoms with Crippen molar-refractivity contribution in [2.24, 2.45) is 0 Å². The number of Topliss-reactive ketones (excluding diaryl/α,β-unsaturated/α-hetero) is 1. The number of aliphatic hydroxyl groups excluding tert-OH is 1. The van der Waals surface area contributed by atoms with Gasteiger partial charge in [-0.3, -0.25) is 9.59 Å². The highest BCUT2D eigenvalue weighted by Gasteiger charge is 2.46. The van der Waals surface area contributed by atoms with Gasteiger partial charge in [-0.15, -0.1) is 0 Å². The molecule has 0 spiro atoms. The van der Waals surface area contributed by atoms with Crippen molar-refractivity contribution in [3.05, 3.63) is 95.1 Å². The van der Waals surface area contributed by atoms with E-state index in [0.717, 1.165) is 5.56 Å². The minimum absolute atomic E-state index is 0.0336. The van der Waals surface area contributed by atoms with Crippen LogP contribution in [0.3, 0.4) is 0 Å². The first-order valence-corrected chi connectivity index (χ1v) is 12.3. The number of benzene rings is 3. The molecule has 1 heterocycles. The summed E-state index contributed by atoms with van der Waals surface area (Å²) in [5.41, 5.74) is 2.06. The lowest BCUT2D eigenvalue weighted by Crippen LogP contribution is -2.30. The van der Waals surface area contributed by atoms with Crippen LogP contribution in [-0.4, -0.2) is 42.0 Å². The number of nitrogens with zero attached hydrogens (tertiary/aromatic N) is 1. The van der Waals surface area contributed by atoms with Crippen LogP contribution in [0.15, 0.2) is 78.4 Å². The van der Waals surface area contributed by atoms with Crippen LogP contribution in [-0.2, 0) is 16.2 Å². The maximum atomic E-state index is 13.2. The molecule has 7 nitrogen and oxygen atoms in total. The SMILES string of the molecule is CCCN1C(=O)C(=O)/C(=C(\O)c2cccc(OCC)c2)C1c1ccc(OC)c(OCc2ccccc2)c1. The third kappa shape index (κ3) is 5.45. The Morgan fingerprint density at radius 1 is 0.919 bits per heavy atom. The van der Waals surface area contributed by atoms with Gasteiger partial charge < -0.3 is 24.2 Å². The number of aliphatic hydroxyl groups is 1. The summed E-state index contributed by atoms with van der Waals surface area (Å²) < 4.78 is 17.1. The monoisotopic (exact) mass is 501 g/mol. The second kappa shape index (κ2) is 11.6. The van der Waals surface area contributed by atoms with Crippen molar-refractivity contribution < 1.29 is 28.9 Å². The lowest BCUT2D eigenvalue weighted by Gasteiger charge is -2.25. The van der Waals surface area contributed by atoms with Gasteiger partial charge in [0.2, 0.25) is 0 Å². The minimum Gasteiger partial charge on any atom is -0.507 e. The predicted octanol–water partition coefficient (Wildman–Crippen LogP) is 5.50. The first-order valence-electron chi connectivity index (χ1n) is 12.3. The van der Waals surface area contributed by atoms with Crippen LogP contribution in [0.5, 0.6) is 17.2 Å². The largest absolute Gasteiger partial charge is 0.507 e. The van der Waals surface area contributed by atoms with E-state index in [1.165, 1.54) is 4.90 Å². The Labute approximate surface area is 216 Å². The quantitative estimate of drug-likeness (QED) is 0.224. The Balaban J connectivity index is 1.79.